The first-order valence-corrected chi connectivity index (χ1v) is 9.99. The zero-order valence-corrected chi connectivity index (χ0v) is 18.0. The van der Waals surface area contributed by atoms with Gasteiger partial charge in [0.25, 0.3) is 0 Å². The van der Waals surface area contributed by atoms with E-state index in [2.05, 4.69) is 26.8 Å². The van der Waals surface area contributed by atoms with Gasteiger partial charge in [0.05, 0.1) is 26.4 Å². The lowest BCUT2D eigenvalue weighted by atomic mass is 9.56. The van der Waals surface area contributed by atoms with E-state index in [9.17, 15) is 9.59 Å². The topological polar surface area (TPSA) is 71.1 Å². The molecular formula is C23H30O6. The quantitative estimate of drug-likeness (QED) is 0.420. The van der Waals surface area contributed by atoms with Gasteiger partial charge in [-0.25, -0.2) is 0 Å². The zero-order chi connectivity index (χ0) is 21.3. The van der Waals surface area contributed by atoms with Gasteiger partial charge in [-0.2, -0.15) is 0 Å². The first kappa shape index (κ1) is 21.4. The van der Waals surface area contributed by atoms with Crippen molar-refractivity contribution in [3.8, 4) is 11.5 Å². The van der Waals surface area contributed by atoms with E-state index < -0.39 is 5.97 Å². The second-order valence-electron chi connectivity index (χ2n) is 8.26. The fourth-order valence-electron chi connectivity index (χ4n) is 4.89. The summed E-state index contributed by atoms with van der Waals surface area (Å²) in [5.74, 6) is 0.885. The highest BCUT2D eigenvalue weighted by molar-refractivity contribution is 5.70. The van der Waals surface area contributed by atoms with E-state index in [4.69, 9.17) is 18.9 Å². The minimum Gasteiger partial charge on any atom is -0.493 e. The Morgan fingerprint density at radius 1 is 1.17 bits per heavy atom. The molecule has 0 N–H and O–H groups in total. The highest BCUT2D eigenvalue weighted by Gasteiger charge is 2.54. The Morgan fingerprint density at radius 3 is 2.52 bits per heavy atom. The molecule has 1 saturated heterocycles. The lowest BCUT2D eigenvalue weighted by molar-refractivity contribution is -0.180. The molecule has 0 aromatic heterocycles. The molecule has 6 heteroatoms. The molecule has 0 saturated carbocycles. The normalized spacial score (nSPS) is 30.9. The molecule has 6 nitrogen and oxygen atoms in total. The summed E-state index contributed by atoms with van der Waals surface area (Å²) < 4.78 is 22.5. The fourth-order valence-corrected chi connectivity index (χ4v) is 4.89. The summed E-state index contributed by atoms with van der Waals surface area (Å²) in [6, 6.07) is 5.54. The van der Waals surface area contributed by atoms with Crippen LogP contribution in [0.3, 0.4) is 0 Å². The lowest BCUT2D eigenvalue weighted by Crippen LogP contribution is -2.54. The summed E-state index contributed by atoms with van der Waals surface area (Å²) in [6.07, 6.45) is 2.13. The SMILES string of the molecule is COc1cc([C@@H]2OC[C@]3(COC(C)=O)[C@@H](C)C=C(C)[C@H]2[C@@H]3C)ccc1OC(C)=O. The molecule has 29 heavy (non-hydrogen) atoms. The van der Waals surface area contributed by atoms with Crippen LogP contribution in [0.5, 0.6) is 11.5 Å². The summed E-state index contributed by atoms with van der Waals surface area (Å²) in [4.78, 5) is 22.8. The number of esters is 2. The molecule has 1 fully saturated rings. The van der Waals surface area contributed by atoms with Crippen molar-refractivity contribution in [3.05, 3.63) is 35.4 Å². The molecule has 0 amide bonds. The third kappa shape index (κ3) is 3.90. The maximum Gasteiger partial charge on any atom is 0.308 e. The van der Waals surface area contributed by atoms with Gasteiger partial charge in [-0.3, -0.25) is 9.59 Å². The van der Waals surface area contributed by atoms with Crippen LogP contribution in [0.2, 0.25) is 0 Å². The van der Waals surface area contributed by atoms with Crippen molar-refractivity contribution in [3.63, 3.8) is 0 Å². The number of rotatable bonds is 5. The molecule has 1 aliphatic carbocycles. The number of carbonyl (C=O) groups is 2. The number of hydrogen-bond donors (Lipinski definition) is 0. The number of hydrogen-bond acceptors (Lipinski definition) is 6. The van der Waals surface area contributed by atoms with Crippen LogP contribution < -0.4 is 9.47 Å². The van der Waals surface area contributed by atoms with Gasteiger partial charge in [-0.05, 0) is 36.5 Å². The zero-order valence-electron chi connectivity index (χ0n) is 18.0. The van der Waals surface area contributed by atoms with E-state index in [1.165, 1.54) is 19.4 Å². The minimum atomic E-state index is -0.395. The summed E-state index contributed by atoms with van der Waals surface area (Å²) in [6.45, 7) is 10.2. The number of fused-ring (bicyclic) bond motifs is 2. The van der Waals surface area contributed by atoms with E-state index >= 15 is 0 Å². The summed E-state index contributed by atoms with van der Waals surface area (Å²) >= 11 is 0. The molecule has 0 spiro atoms. The van der Waals surface area contributed by atoms with Crippen molar-refractivity contribution in [1.82, 2.24) is 0 Å². The molecule has 0 radical (unpaired) electrons. The Morgan fingerprint density at radius 2 is 1.90 bits per heavy atom. The molecule has 2 bridgehead atoms. The number of benzene rings is 1. The van der Waals surface area contributed by atoms with E-state index in [1.807, 2.05) is 12.1 Å². The molecule has 1 aromatic rings. The van der Waals surface area contributed by atoms with Gasteiger partial charge < -0.3 is 18.9 Å². The Hall–Kier alpha value is -2.34. The van der Waals surface area contributed by atoms with Gasteiger partial charge in [0, 0.05) is 25.2 Å². The lowest BCUT2D eigenvalue weighted by Gasteiger charge is -2.55. The Balaban J connectivity index is 1.95. The summed E-state index contributed by atoms with van der Waals surface area (Å²) in [7, 11) is 1.55. The van der Waals surface area contributed by atoms with Crippen LogP contribution >= 0.6 is 0 Å². The van der Waals surface area contributed by atoms with Crippen LogP contribution in [0.15, 0.2) is 29.8 Å². The van der Waals surface area contributed by atoms with Gasteiger partial charge >= 0.3 is 11.9 Å². The van der Waals surface area contributed by atoms with Gasteiger partial charge in [0.15, 0.2) is 11.5 Å². The smallest absolute Gasteiger partial charge is 0.308 e. The van der Waals surface area contributed by atoms with Gasteiger partial charge in [0.2, 0.25) is 0 Å². The van der Waals surface area contributed by atoms with Crippen LogP contribution in [0.25, 0.3) is 0 Å². The summed E-state index contributed by atoms with van der Waals surface area (Å²) in [5.41, 5.74) is 2.00. The van der Waals surface area contributed by atoms with Crippen molar-refractivity contribution in [1.29, 1.82) is 0 Å². The third-order valence-electron chi connectivity index (χ3n) is 6.56. The number of ether oxygens (including phenoxy) is 4. The molecule has 1 aromatic carbocycles. The average Bonchev–Trinajstić information content (AvgIpc) is 2.65. The first-order chi connectivity index (χ1) is 13.7. The van der Waals surface area contributed by atoms with E-state index in [1.54, 1.807) is 13.2 Å². The molecular weight excluding hydrogens is 372 g/mol. The summed E-state index contributed by atoms with van der Waals surface area (Å²) in [5, 5.41) is 0. The maximum atomic E-state index is 11.5. The van der Waals surface area contributed by atoms with Crippen molar-refractivity contribution in [2.45, 2.75) is 40.7 Å². The highest BCUT2D eigenvalue weighted by atomic mass is 16.6. The first-order valence-electron chi connectivity index (χ1n) is 9.99. The predicted molar refractivity (Wildman–Crippen MR) is 108 cm³/mol. The Bertz CT molecular complexity index is 829. The van der Waals surface area contributed by atoms with Crippen molar-refractivity contribution in [2.75, 3.05) is 20.3 Å². The monoisotopic (exact) mass is 402 g/mol. The van der Waals surface area contributed by atoms with Crippen LogP contribution in [-0.2, 0) is 19.1 Å². The Labute approximate surface area is 172 Å². The minimum absolute atomic E-state index is 0.153. The molecule has 2 aliphatic rings. The molecule has 0 unspecified atom stereocenters. The van der Waals surface area contributed by atoms with Crippen molar-refractivity contribution in [2.24, 2.45) is 23.2 Å². The van der Waals surface area contributed by atoms with Gasteiger partial charge in [-0.1, -0.05) is 31.6 Å². The molecule has 158 valence electrons. The fraction of sp³-hybridized carbons (Fsp3) is 0.565. The van der Waals surface area contributed by atoms with Gasteiger partial charge in [-0.15, -0.1) is 0 Å². The molecule has 1 heterocycles. The average molecular weight is 402 g/mol. The van der Waals surface area contributed by atoms with Crippen molar-refractivity contribution < 1.29 is 28.5 Å². The molecule has 5 atom stereocenters. The second kappa shape index (κ2) is 8.19. The van der Waals surface area contributed by atoms with E-state index in [0.717, 1.165) is 5.56 Å². The van der Waals surface area contributed by atoms with E-state index in [-0.39, 0.29) is 35.2 Å². The highest BCUT2D eigenvalue weighted by Crippen LogP contribution is 2.56. The number of carbonyl (C=O) groups excluding carboxylic acids is 2. The van der Waals surface area contributed by atoms with E-state index in [0.29, 0.717) is 24.7 Å². The van der Waals surface area contributed by atoms with Crippen molar-refractivity contribution >= 4 is 11.9 Å². The van der Waals surface area contributed by atoms with Crippen LogP contribution in [0, 0.1) is 23.2 Å². The second-order valence-corrected chi connectivity index (χ2v) is 8.26. The maximum absolute atomic E-state index is 11.5. The van der Waals surface area contributed by atoms with Crippen LogP contribution in [-0.4, -0.2) is 32.3 Å². The standard InChI is InChI=1S/C23H30O6/c1-13-9-14(2)23(11-27-16(4)24)12-28-22(21(13)15(23)3)18-7-8-19(29-17(5)25)20(10-18)26-6/h7-10,14-15,21-22H,11-12H2,1-6H3/t14-,15-,21-,22-,23+/m0/s1. The Kier molecular flexibility index (Phi) is 6.03. The third-order valence-corrected chi connectivity index (χ3v) is 6.56. The number of allylic oxidation sites excluding steroid dienone is 1. The molecule has 3 rings (SSSR count). The van der Waals surface area contributed by atoms with Crippen LogP contribution in [0.4, 0.5) is 0 Å². The van der Waals surface area contributed by atoms with Crippen LogP contribution in [0.1, 0.15) is 46.3 Å². The predicted octanol–water partition coefficient (Wildman–Crippen LogP) is 4.09. The van der Waals surface area contributed by atoms with Gasteiger partial charge in [0.1, 0.15) is 0 Å². The largest absolute Gasteiger partial charge is 0.493 e. The number of methoxy groups -OCH3 is 1. The molecule has 1 aliphatic heterocycles.